The van der Waals surface area contributed by atoms with Crippen LogP contribution in [0.2, 0.25) is 0 Å². The summed E-state index contributed by atoms with van der Waals surface area (Å²) in [4.78, 5) is 26.3. The molecule has 0 spiro atoms. The maximum absolute atomic E-state index is 12.7. The number of aryl methyl sites for hydroxylation is 1. The number of rotatable bonds is 5. The monoisotopic (exact) mass is 448 g/mol. The Morgan fingerprint density at radius 3 is 2.30 bits per heavy atom. The van der Waals surface area contributed by atoms with E-state index in [2.05, 4.69) is 10.6 Å². The number of fused-ring (bicyclic) bond motifs is 1. The van der Waals surface area contributed by atoms with Crippen LogP contribution in [0.5, 0.6) is 11.5 Å². The van der Waals surface area contributed by atoms with Crippen LogP contribution in [-0.4, -0.2) is 38.3 Å². The topological polar surface area (TPSA) is 85.9 Å². The molecule has 9 heteroatoms. The number of benzene rings is 1. The van der Waals surface area contributed by atoms with Crippen molar-refractivity contribution in [1.82, 2.24) is 5.32 Å². The molecule has 0 saturated heterocycles. The van der Waals surface area contributed by atoms with Crippen LogP contribution in [0.3, 0.4) is 0 Å². The number of thiocarbonyl (C=S) groups is 1. The van der Waals surface area contributed by atoms with E-state index < -0.39 is 11.9 Å². The first kappa shape index (κ1) is 22.0. The molecular formula is C21H24N2O5S2. The minimum atomic E-state index is -0.414. The first-order valence-corrected chi connectivity index (χ1v) is 10.8. The molecule has 1 aromatic carbocycles. The fraction of sp³-hybridized carbons (Fsp3) is 0.381. The maximum Gasteiger partial charge on any atom is 0.341 e. The molecule has 1 aliphatic carbocycles. The Hall–Kier alpha value is -2.65. The van der Waals surface area contributed by atoms with E-state index >= 15 is 0 Å². The van der Waals surface area contributed by atoms with Crippen molar-refractivity contribution in [3.05, 3.63) is 39.8 Å². The highest BCUT2D eigenvalue weighted by molar-refractivity contribution is 7.80. The van der Waals surface area contributed by atoms with Crippen LogP contribution in [0, 0.1) is 0 Å². The van der Waals surface area contributed by atoms with Crippen molar-refractivity contribution in [1.29, 1.82) is 0 Å². The van der Waals surface area contributed by atoms with Crippen molar-refractivity contribution in [3.8, 4) is 11.5 Å². The van der Waals surface area contributed by atoms with Gasteiger partial charge in [0.15, 0.2) is 5.11 Å². The lowest BCUT2D eigenvalue weighted by Gasteiger charge is -2.12. The Morgan fingerprint density at radius 2 is 1.67 bits per heavy atom. The number of thiophene rings is 1. The third kappa shape index (κ3) is 4.91. The van der Waals surface area contributed by atoms with Gasteiger partial charge in [0.2, 0.25) is 0 Å². The maximum atomic E-state index is 12.7. The molecule has 1 heterocycles. The van der Waals surface area contributed by atoms with Crippen molar-refractivity contribution >= 4 is 45.5 Å². The quantitative estimate of drug-likeness (QED) is 0.407. The zero-order chi connectivity index (χ0) is 21.7. The average molecular weight is 449 g/mol. The molecule has 1 aromatic heterocycles. The minimum Gasteiger partial charge on any atom is -0.497 e. The van der Waals surface area contributed by atoms with E-state index in [1.54, 1.807) is 18.2 Å². The summed E-state index contributed by atoms with van der Waals surface area (Å²) in [6.45, 7) is 0. The highest BCUT2D eigenvalue weighted by Gasteiger charge is 2.26. The van der Waals surface area contributed by atoms with Gasteiger partial charge in [-0.2, -0.15) is 0 Å². The standard InChI is InChI=1S/C21H24N2O5S2/c1-26-13-9-12(10-14(11-13)27-2)18(24)22-21(29)23-19-17(20(25)28-3)15-7-5-4-6-8-16(15)30-19/h9-11H,4-8H2,1-3H3,(H2,22,23,24,29). The number of methoxy groups -OCH3 is 3. The summed E-state index contributed by atoms with van der Waals surface area (Å²) in [6.07, 6.45) is 5.02. The first-order chi connectivity index (χ1) is 14.5. The van der Waals surface area contributed by atoms with Crippen molar-refractivity contribution in [2.75, 3.05) is 26.6 Å². The Labute approximate surface area is 184 Å². The molecule has 0 unspecified atom stereocenters. The van der Waals surface area contributed by atoms with E-state index in [0.717, 1.165) is 37.7 Å². The molecule has 0 bridgehead atoms. The predicted molar refractivity (Wildman–Crippen MR) is 120 cm³/mol. The number of carbonyl (C=O) groups is 2. The second-order valence-electron chi connectivity index (χ2n) is 6.77. The zero-order valence-electron chi connectivity index (χ0n) is 17.1. The number of nitrogens with one attached hydrogen (secondary N) is 2. The average Bonchev–Trinajstić information content (AvgIpc) is 2.92. The molecule has 0 saturated carbocycles. The van der Waals surface area contributed by atoms with Crippen LogP contribution in [0.4, 0.5) is 5.00 Å². The van der Waals surface area contributed by atoms with Gasteiger partial charge in [-0.15, -0.1) is 11.3 Å². The number of anilines is 1. The Balaban J connectivity index is 1.79. The summed E-state index contributed by atoms with van der Waals surface area (Å²) in [7, 11) is 4.39. The molecule has 2 aromatic rings. The van der Waals surface area contributed by atoms with Gasteiger partial charge in [0.25, 0.3) is 5.91 Å². The summed E-state index contributed by atoms with van der Waals surface area (Å²) in [6, 6.07) is 4.86. The zero-order valence-corrected chi connectivity index (χ0v) is 18.8. The molecule has 0 aliphatic heterocycles. The number of amides is 1. The number of hydrogen-bond donors (Lipinski definition) is 2. The largest absolute Gasteiger partial charge is 0.497 e. The lowest BCUT2D eigenvalue weighted by molar-refractivity contribution is 0.0601. The number of esters is 1. The molecule has 3 rings (SSSR count). The molecule has 0 fully saturated rings. The van der Waals surface area contributed by atoms with E-state index in [0.29, 0.717) is 27.6 Å². The van der Waals surface area contributed by atoms with Gasteiger partial charge < -0.3 is 19.5 Å². The van der Waals surface area contributed by atoms with Gasteiger partial charge >= 0.3 is 5.97 Å². The fourth-order valence-corrected chi connectivity index (χ4v) is 4.94. The van der Waals surface area contributed by atoms with E-state index in [-0.39, 0.29) is 5.11 Å². The van der Waals surface area contributed by atoms with Gasteiger partial charge in [-0.25, -0.2) is 4.79 Å². The molecule has 2 N–H and O–H groups in total. The minimum absolute atomic E-state index is 0.100. The van der Waals surface area contributed by atoms with Gasteiger partial charge in [0.1, 0.15) is 16.5 Å². The highest BCUT2D eigenvalue weighted by atomic mass is 32.1. The van der Waals surface area contributed by atoms with Gasteiger partial charge in [-0.05, 0) is 55.6 Å². The van der Waals surface area contributed by atoms with Crippen LogP contribution in [-0.2, 0) is 17.6 Å². The summed E-state index contributed by atoms with van der Waals surface area (Å²) in [5, 5.41) is 6.36. The van der Waals surface area contributed by atoms with Crippen LogP contribution < -0.4 is 20.1 Å². The van der Waals surface area contributed by atoms with Crippen molar-refractivity contribution < 1.29 is 23.8 Å². The molecular weight excluding hydrogens is 424 g/mol. The van der Waals surface area contributed by atoms with Crippen LogP contribution in [0.15, 0.2) is 18.2 Å². The smallest absolute Gasteiger partial charge is 0.341 e. The molecule has 160 valence electrons. The normalized spacial score (nSPS) is 12.9. The summed E-state index contributed by atoms with van der Waals surface area (Å²) in [5.74, 6) is 0.174. The van der Waals surface area contributed by atoms with Crippen LogP contribution in [0.25, 0.3) is 0 Å². The predicted octanol–water partition coefficient (Wildman–Crippen LogP) is 3.95. The van der Waals surface area contributed by atoms with Crippen molar-refractivity contribution in [3.63, 3.8) is 0 Å². The van der Waals surface area contributed by atoms with E-state index in [1.807, 2.05) is 0 Å². The highest BCUT2D eigenvalue weighted by Crippen LogP contribution is 2.38. The summed E-state index contributed by atoms with van der Waals surface area (Å²) >= 11 is 6.83. The molecule has 30 heavy (non-hydrogen) atoms. The first-order valence-electron chi connectivity index (χ1n) is 9.55. The number of hydrogen-bond acceptors (Lipinski definition) is 7. The number of ether oxygens (including phenoxy) is 3. The van der Waals surface area contributed by atoms with Gasteiger partial charge in [-0.1, -0.05) is 6.42 Å². The van der Waals surface area contributed by atoms with Crippen LogP contribution in [0.1, 0.15) is 50.4 Å². The molecule has 0 atom stereocenters. The van der Waals surface area contributed by atoms with Crippen LogP contribution >= 0.6 is 23.6 Å². The van der Waals surface area contributed by atoms with Gasteiger partial charge in [0.05, 0.1) is 26.9 Å². The molecule has 0 radical (unpaired) electrons. The third-order valence-electron chi connectivity index (χ3n) is 4.88. The Bertz CT molecular complexity index is 948. The SMILES string of the molecule is COC(=O)c1c(NC(=S)NC(=O)c2cc(OC)cc(OC)c2)sc2c1CCCCC2. The third-order valence-corrected chi connectivity index (χ3v) is 6.29. The fourth-order valence-electron chi connectivity index (χ4n) is 3.40. The van der Waals surface area contributed by atoms with Crippen molar-refractivity contribution in [2.45, 2.75) is 32.1 Å². The van der Waals surface area contributed by atoms with Gasteiger partial charge in [0, 0.05) is 16.5 Å². The lowest BCUT2D eigenvalue weighted by atomic mass is 10.1. The summed E-state index contributed by atoms with van der Waals surface area (Å²) in [5.41, 5.74) is 1.88. The number of carbonyl (C=O) groups excluding carboxylic acids is 2. The summed E-state index contributed by atoms with van der Waals surface area (Å²) < 4.78 is 15.4. The van der Waals surface area contributed by atoms with E-state index in [9.17, 15) is 9.59 Å². The Kier molecular flexibility index (Phi) is 7.28. The molecule has 7 nitrogen and oxygen atoms in total. The van der Waals surface area contributed by atoms with E-state index in [4.69, 9.17) is 26.4 Å². The lowest BCUT2D eigenvalue weighted by Crippen LogP contribution is -2.34. The van der Waals surface area contributed by atoms with Gasteiger partial charge in [-0.3, -0.25) is 10.1 Å². The second-order valence-corrected chi connectivity index (χ2v) is 8.28. The van der Waals surface area contributed by atoms with Crippen molar-refractivity contribution in [2.24, 2.45) is 0 Å². The van der Waals surface area contributed by atoms with E-state index in [1.165, 1.54) is 37.5 Å². The molecule has 1 amide bonds. The molecule has 1 aliphatic rings. The second kappa shape index (κ2) is 9.90. The Morgan fingerprint density at radius 1 is 1.00 bits per heavy atom.